The minimum absolute atomic E-state index is 0.0311. The highest BCUT2D eigenvalue weighted by molar-refractivity contribution is 8.01. The zero-order valence-electron chi connectivity index (χ0n) is 13.5. The third kappa shape index (κ3) is 5.21. The Labute approximate surface area is 165 Å². The second-order valence-corrected chi connectivity index (χ2v) is 7.66. The highest BCUT2D eigenvalue weighted by Crippen LogP contribution is 2.34. The van der Waals surface area contributed by atoms with Gasteiger partial charge in [0.1, 0.15) is 0 Å². The van der Waals surface area contributed by atoms with Gasteiger partial charge >= 0.3 is 6.18 Å². The van der Waals surface area contributed by atoms with E-state index in [-0.39, 0.29) is 16.5 Å². The first-order valence-electron chi connectivity index (χ1n) is 7.51. The smallest absolute Gasteiger partial charge is 0.324 e. The lowest BCUT2D eigenvalue weighted by Gasteiger charge is -2.11. The summed E-state index contributed by atoms with van der Waals surface area (Å²) in [5.41, 5.74) is -0.105. The second-order valence-electron chi connectivity index (χ2n) is 5.28. The Bertz CT molecular complexity index is 948. The fourth-order valence-corrected chi connectivity index (χ4v) is 3.66. The number of nitrogens with zero attached hydrogens (tertiary/aromatic N) is 2. The molecule has 3 rings (SSSR count). The van der Waals surface area contributed by atoms with Crippen molar-refractivity contribution in [1.29, 1.82) is 0 Å². The lowest BCUT2D eigenvalue weighted by Crippen LogP contribution is -2.15. The molecule has 2 aromatic carbocycles. The van der Waals surface area contributed by atoms with Crippen LogP contribution in [0.4, 0.5) is 18.9 Å². The molecular formula is C17H11ClF3N3OS2. The van der Waals surface area contributed by atoms with Gasteiger partial charge in [-0.1, -0.05) is 53.7 Å². The van der Waals surface area contributed by atoms with Crippen LogP contribution in [0.1, 0.15) is 5.56 Å². The molecule has 4 nitrogen and oxygen atoms in total. The molecule has 1 N–H and O–H groups in total. The molecule has 1 heterocycles. The minimum Gasteiger partial charge on any atom is -0.324 e. The van der Waals surface area contributed by atoms with Gasteiger partial charge in [0, 0.05) is 5.56 Å². The molecule has 0 atom stereocenters. The van der Waals surface area contributed by atoms with E-state index >= 15 is 0 Å². The number of halogens is 4. The van der Waals surface area contributed by atoms with Crippen LogP contribution in [0.5, 0.6) is 0 Å². The SMILES string of the molecule is O=C(CSc1nc(-c2ccccc2)ns1)Nc1cc(C(F)(F)F)ccc1Cl. The van der Waals surface area contributed by atoms with Crippen LogP contribution in [-0.4, -0.2) is 21.0 Å². The lowest BCUT2D eigenvalue weighted by molar-refractivity contribution is -0.137. The van der Waals surface area contributed by atoms with Crippen molar-refractivity contribution in [3.05, 3.63) is 59.1 Å². The van der Waals surface area contributed by atoms with Crippen molar-refractivity contribution in [3.8, 4) is 11.4 Å². The predicted octanol–water partition coefficient (Wildman–Crippen LogP) is 5.61. The number of hydrogen-bond donors (Lipinski definition) is 1. The predicted molar refractivity (Wildman–Crippen MR) is 101 cm³/mol. The van der Waals surface area contributed by atoms with Gasteiger partial charge in [0.05, 0.1) is 22.0 Å². The lowest BCUT2D eigenvalue weighted by atomic mass is 10.2. The maximum absolute atomic E-state index is 12.8. The Morgan fingerprint density at radius 3 is 2.63 bits per heavy atom. The summed E-state index contributed by atoms with van der Waals surface area (Å²) in [7, 11) is 0. The number of nitrogens with one attached hydrogen (secondary N) is 1. The second kappa shape index (κ2) is 8.28. The van der Waals surface area contributed by atoms with Crippen LogP contribution < -0.4 is 5.32 Å². The number of benzene rings is 2. The van der Waals surface area contributed by atoms with Gasteiger partial charge < -0.3 is 5.32 Å². The molecule has 27 heavy (non-hydrogen) atoms. The van der Waals surface area contributed by atoms with Crippen molar-refractivity contribution in [1.82, 2.24) is 9.36 Å². The van der Waals surface area contributed by atoms with Crippen LogP contribution >= 0.6 is 34.9 Å². The zero-order valence-corrected chi connectivity index (χ0v) is 15.8. The van der Waals surface area contributed by atoms with Gasteiger partial charge in [-0.2, -0.15) is 17.5 Å². The Morgan fingerprint density at radius 1 is 1.19 bits per heavy atom. The maximum atomic E-state index is 12.8. The standard InChI is InChI=1S/C17H11ClF3N3OS2/c18-12-7-6-11(17(19,20)21)8-13(12)22-14(25)9-26-16-23-15(24-27-16)10-4-2-1-3-5-10/h1-8H,9H2,(H,22,25). The fourth-order valence-electron chi connectivity index (χ4n) is 2.08. The average molecular weight is 430 g/mol. The van der Waals surface area contributed by atoms with Crippen molar-refractivity contribution in [2.24, 2.45) is 0 Å². The first kappa shape index (κ1) is 19.7. The van der Waals surface area contributed by atoms with Crippen LogP contribution in [0.3, 0.4) is 0 Å². The molecule has 0 aliphatic carbocycles. The van der Waals surface area contributed by atoms with Gasteiger partial charge in [0.15, 0.2) is 10.2 Å². The summed E-state index contributed by atoms with van der Waals surface area (Å²) in [6, 6.07) is 12.1. The molecule has 0 saturated carbocycles. The van der Waals surface area contributed by atoms with Crippen molar-refractivity contribution < 1.29 is 18.0 Å². The van der Waals surface area contributed by atoms with E-state index in [1.54, 1.807) is 0 Å². The fraction of sp³-hybridized carbons (Fsp3) is 0.118. The summed E-state index contributed by atoms with van der Waals surface area (Å²) in [5, 5.41) is 2.43. The van der Waals surface area contributed by atoms with E-state index in [2.05, 4.69) is 14.7 Å². The summed E-state index contributed by atoms with van der Waals surface area (Å²) >= 11 is 8.16. The highest BCUT2D eigenvalue weighted by Gasteiger charge is 2.31. The molecule has 10 heteroatoms. The molecule has 1 aromatic heterocycles. The average Bonchev–Trinajstić information content (AvgIpc) is 3.11. The topological polar surface area (TPSA) is 54.9 Å². The first-order chi connectivity index (χ1) is 12.8. The van der Waals surface area contributed by atoms with E-state index in [4.69, 9.17) is 11.6 Å². The molecule has 0 aliphatic rings. The molecule has 0 fully saturated rings. The van der Waals surface area contributed by atoms with Crippen LogP contribution in [0.2, 0.25) is 5.02 Å². The number of carbonyl (C=O) groups is 1. The number of carbonyl (C=O) groups excluding carboxylic acids is 1. The number of alkyl halides is 3. The minimum atomic E-state index is -4.51. The van der Waals surface area contributed by atoms with Crippen molar-refractivity contribution in [3.63, 3.8) is 0 Å². The molecule has 0 saturated heterocycles. The Balaban J connectivity index is 1.62. The van der Waals surface area contributed by atoms with Crippen molar-refractivity contribution >= 4 is 46.5 Å². The Hall–Kier alpha value is -2.10. The monoisotopic (exact) mass is 429 g/mol. The summed E-state index contributed by atoms with van der Waals surface area (Å²) in [5.74, 6) is 0.0397. The van der Waals surface area contributed by atoms with E-state index < -0.39 is 17.6 Å². The maximum Gasteiger partial charge on any atom is 0.416 e. The summed E-state index contributed by atoms with van der Waals surface area (Å²) in [6.07, 6.45) is -4.51. The van der Waals surface area contributed by atoms with Gasteiger partial charge in [-0.15, -0.1) is 0 Å². The van der Waals surface area contributed by atoms with Crippen LogP contribution in [0.25, 0.3) is 11.4 Å². The summed E-state index contributed by atoms with van der Waals surface area (Å²) < 4.78 is 43.1. The molecule has 0 spiro atoms. The van der Waals surface area contributed by atoms with Gasteiger partial charge in [-0.25, -0.2) is 4.98 Å². The molecule has 0 radical (unpaired) electrons. The van der Waals surface area contributed by atoms with Gasteiger partial charge in [0.25, 0.3) is 0 Å². The number of rotatable bonds is 5. The van der Waals surface area contributed by atoms with Gasteiger partial charge in [-0.3, -0.25) is 4.79 Å². The van der Waals surface area contributed by atoms with E-state index in [1.165, 1.54) is 0 Å². The van der Waals surface area contributed by atoms with Gasteiger partial charge in [0.2, 0.25) is 5.91 Å². The van der Waals surface area contributed by atoms with E-state index in [9.17, 15) is 18.0 Å². The van der Waals surface area contributed by atoms with E-state index in [1.807, 2.05) is 30.3 Å². The molecule has 1 amide bonds. The summed E-state index contributed by atoms with van der Waals surface area (Å²) in [6.45, 7) is 0. The number of anilines is 1. The third-order valence-corrected chi connectivity index (χ3v) is 5.50. The molecule has 140 valence electrons. The number of aromatic nitrogens is 2. The molecule has 3 aromatic rings. The summed E-state index contributed by atoms with van der Waals surface area (Å²) in [4.78, 5) is 16.4. The number of amides is 1. The molecule has 0 aliphatic heterocycles. The Morgan fingerprint density at radius 2 is 1.93 bits per heavy atom. The van der Waals surface area contributed by atoms with E-state index in [0.717, 1.165) is 47.1 Å². The quantitative estimate of drug-likeness (QED) is 0.536. The third-order valence-electron chi connectivity index (χ3n) is 3.33. The number of thioether (sulfide) groups is 1. The highest BCUT2D eigenvalue weighted by atomic mass is 35.5. The number of hydrogen-bond acceptors (Lipinski definition) is 5. The van der Waals surface area contributed by atoms with Crippen molar-refractivity contribution in [2.75, 3.05) is 11.1 Å². The molecule has 0 unspecified atom stereocenters. The Kier molecular flexibility index (Phi) is 6.03. The molecular weight excluding hydrogens is 419 g/mol. The van der Waals surface area contributed by atoms with Crippen LogP contribution in [-0.2, 0) is 11.0 Å². The largest absolute Gasteiger partial charge is 0.416 e. The molecule has 0 bridgehead atoms. The van der Waals surface area contributed by atoms with Crippen LogP contribution in [0, 0.1) is 0 Å². The first-order valence-corrected chi connectivity index (χ1v) is 9.65. The zero-order chi connectivity index (χ0) is 19.4. The normalized spacial score (nSPS) is 11.4. The van der Waals surface area contributed by atoms with E-state index in [0.29, 0.717) is 10.2 Å². The van der Waals surface area contributed by atoms with Crippen molar-refractivity contribution in [2.45, 2.75) is 10.5 Å². The van der Waals surface area contributed by atoms with Crippen LogP contribution in [0.15, 0.2) is 52.9 Å². The van der Waals surface area contributed by atoms with Gasteiger partial charge in [-0.05, 0) is 29.7 Å².